The molecule has 0 aromatic heterocycles. The molecule has 1 aliphatic carbocycles. The number of hydrogen-bond donors (Lipinski definition) is 1. The second kappa shape index (κ2) is 6.25. The molecule has 110 valence electrons. The number of nitrogens with two attached hydrogens (primary N) is 1. The van der Waals surface area contributed by atoms with Crippen LogP contribution in [0.25, 0.3) is 0 Å². The van der Waals surface area contributed by atoms with Crippen molar-refractivity contribution < 1.29 is 4.79 Å². The van der Waals surface area contributed by atoms with Crippen LogP contribution in [-0.4, -0.2) is 30.4 Å². The molecule has 3 heteroatoms. The van der Waals surface area contributed by atoms with E-state index in [9.17, 15) is 4.79 Å². The summed E-state index contributed by atoms with van der Waals surface area (Å²) < 4.78 is 0. The molecule has 1 saturated heterocycles. The van der Waals surface area contributed by atoms with E-state index in [1.54, 1.807) is 0 Å². The molecule has 0 aromatic carbocycles. The zero-order chi connectivity index (χ0) is 13.9. The van der Waals surface area contributed by atoms with E-state index in [-0.39, 0.29) is 5.92 Å². The van der Waals surface area contributed by atoms with Crippen LogP contribution in [0, 0.1) is 17.3 Å². The Morgan fingerprint density at radius 2 is 1.84 bits per heavy atom. The maximum Gasteiger partial charge on any atom is 0.226 e. The van der Waals surface area contributed by atoms with E-state index < -0.39 is 0 Å². The fourth-order valence-electron chi connectivity index (χ4n) is 4.04. The molecule has 2 N–H and O–H groups in total. The van der Waals surface area contributed by atoms with Gasteiger partial charge in [0.2, 0.25) is 5.91 Å². The lowest BCUT2D eigenvalue weighted by atomic mass is 9.74. The Bertz CT molecular complexity index is 302. The molecule has 0 bridgehead atoms. The summed E-state index contributed by atoms with van der Waals surface area (Å²) >= 11 is 0. The van der Waals surface area contributed by atoms with Crippen molar-refractivity contribution in [3.8, 4) is 0 Å². The average Bonchev–Trinajstić information content (AvgIpc) is 2.95. The molecular weight excluding hydrogens is 236 g/mol. The zero-order valence-electron chi connectivity index (χ0n) is 12.7. The molecule has 2 rings (SSSR count). The van der Waals surface area contributed by atoms with E-state index in [1.165, 1.54) is 32.1 Å². The molecule has 19 heavy (non-hydrogen) atoms. The van der Waals surface area contributed by atoms with Crippen LogP contribution >= 0.6 is 0 Å². The van der Waals surface area contributed by atoms with Gasteiger partial charge in [0.25, 0.3) is 0 Å². The molecule has 2 unspecified atom stereocenters. The van der Waals surface area contributed by atoms with Crippen LogP contribution in [0.15, 0.2) is 0 Å². The summed E-state index contributed by atoms with van der Waals surface area (Å²) in [4.78, 5) is 14.8. The molecule has 3 nitrogen and oxygen atoms in total. The monoisotopic (exact) mass is 266 g/mol. The first-order chi connectivity index (χ1) is 9.15. The van der Waals surface area contributed by atoms with Gasteiger partial charge in [-0.05, 0) is 43.6 Å². The molecule has 0 radical (unpaired) electrons. The van der Waals surface area contributed by atoms with Crippen LogP contribution < -0.4 is 5.73 Å². The summed E-state index contributed by atoms with van der Waals surface area (Å²) in [6, 6.07) is 0. The average molecular weight is 266 g/mol. The lowest BCUT2D eigenvalue weighted by Crippen LogP contribution is -2.46. The lowest BCUT2D eigenvalue weighted by Gasteiger charge is -2.42. The van der Waals surface area contributed by atoms with Crippen molar-refractivity contribution in [3.63, 3.8) is 0 Å². The van der Waals surface area contributed by atoms with Crippen molar-refractivity contribution in [3.05, 3.63) is 0 Å². The fourth-order valence-corrected chi connectivity index (χ4v) is 4.04. The predicted octanol–water partition coefficient (Wildman–Crippen LogP) is 2.79. The molecular formula is C16H30N2O. The molecule has 1 aliphatic heterocycles. The van der Waals surface area contributed by atoms with Crippen molar-refractivity contribution in [2.45, 2.75) is 58.8 Å². The van der Waals surface area contributed by atoms with Crippen LogP contribution in [0.3, 0.4) is 0 Å². The summed E-state index contributed by atoms with van der Waals surface area (Å²) in [5, 5.41) is 0. The molecule has 1 heterocycles. The molecule has 0 aromatic rings. The van der Waals surface area contributed by atoms with Gasteiger partial charge in [0.05, 0.1) is 0 Å². The molecule has 2 atom stereocenters. The normalized spacial score (nSPS) is 30.6. The van der Waals surface area contributed by atoms with Gasteiger partial charge in [-0.1, -0.05) is 33.1 Å². The summed E-state index contributed by atoms with van der Waals surface area (Å²) in [6.07, 6.45) is 8.26. The highest BCUT2D eigenvalue weighted by Gasteiger charge is 2.38. The Morgan fingerprint density at radius 1 is 1.21 bits per heavy atom. The highest BCUT2D eigenvalue weighted by Crippen LogP contribution is 2.39. The van der Waals surface area contributed by atoms with Crippen LogP contribution in [0.4, 0.5) is 0 Å². The van der Waals surface area contributed by atoms with Crippen LogP contribution in [0.2, 0.25) is 0 Å². The third kappa shape index (κ3) is 2.96. The van der Waals surface area contributed by atoms with Crippen LogP contribution in [0.1, 0.15) is 58.8 Å². The maximum absolute atomic E-state index is 12.6. The molecule has 0 spiro atoms. The molecule has 2 aliphatic rings. The van der Waals surface area contributed by atoms with E-state index in [1.807, 2.05) is 0 Å². The molecule has 1 saturated carbocycles. The summed E-state index contributed by atoms with van der Waals surface area (Å²) in [5.41, 5.74) is 6.31. The number of nitrogens with zero attached hydrogens (tertiary/aromatic N) is 1. The SMILES string of the molecule is CCC1(CC)CCN(C(=O)C2CCCC2CN)CC1. The highest BCUT2D eigenvalue weighted by molar-refractivity contribution is 5.79. The van der Waals surface area contributed by atoms with Crippen LogP contribution in [-0.2, 0) is 4.79 Å². The number of carbonyl (C=O) groups is 1. The van der Waals surface area contributed by atoms with E-state index in [2.05, 4.69) is 18.7 Å². The third-order valence-electron chi connectivity index (χ3n) is 5.91. The van der Waals surface area contributed by atoms with Gasteiger partial charge < -0.3 is 10.6 Å². The highest BCUT2D eigenvalue weighted by atomic mass is 16.2. The largest absolute Gasteiger partial charge is 0.342 e. The fraction of sp³-hybridized carbons (Fsp3) is 0.938. The van der Waals surface area contributed by atoms with Crippen molar-refractivity contribution >= 4 is 5.91 Å². The first-order valence-corrected chi connectivity index (χ1v) is 8.14. The van der Waals surface area contributed by atoms with E-state index in [0.717, 1.165) is 25.9 Å². The number of rotatable bonds is 4. The van der Waals surface area contributed by atoms with Crippen molar-refractivity contribution in [2.75, 3.05) is 19.6 Å². The number of carbonyl (C=O) groups excluding carboxylic acids is 1. The van der Waals surface area contributed by atoms with Gasteiger partial charge in [0, 0.05) is 19.0 Å². The van der Waals surface area contributed by atoms with Crippen LogP contribution in [0.5, 0.6) is 0 Å². The van der Waals surface area contributed by atoms with E-state index >= 15 is 0 Å². The number of likely N-dealkylation sites (tertiary alicyclic amines) is 1. The Hall–Kier alpha value is -0.570. The van der Waals surface area contributed by atoms with Gasteiger partial charge in [0.1, 0.15) is 0 Å². The van der Waals surface area contributed by atoms with Gasteiger partial charge in [0.15, 0.2) is 0 Å². The second-order valence-electron chi connectivity index (χ2n) is 6.57. The van der Waals surface area contributed by atoms with E-state index in [4.69, 9.17) is 5.73 Å². The zero-order valence-corrected chi connectivity index (χ0v) is 12.7. The topological polar surface area (TPSA) is 46.3 Å². The summed E-state index contributed by atoms with van der Waals surface area (Å²) in [7, 11) is 0. The lowest BCUT2D eigenvalue weighted by molar-refractivity contribution is -0.139. The standard InChI is InChI=1S/C16H30N2O/c1-3-16(4-2)8-10-18(11-9-16)15(19)14-7-5-6-13(14)12-17/h13-14H,3-12,17H2,1-2H3. The van der Waals surface area contributed by atoms with Gasteiger partial charge in [-0.15, -0.1) is 0 Å². The maximum atomic E-state index is 12.6. The minimum Gasteiger partial charge on any atom is -0.342 e. The molecule has 1 amide bonds. The number of amides is 1. The Balaban J connectivity index is 1.92. The number of hydrogen-bond acceptors (Lipinski definition) is 2. The second-order valence-corrected chi connectivity index (χ2v) is 6.57. The number of piperidine rings is 1. The van der Waals surface area contributed by atoms with Gasteiger partial charge >= 0.3 is 0 Å². The minimum absolute atomic E-state index is 0.223. The van der Waals surface area contributed by atoms with Crippen molar-refractivity contribution in [2.24, 2.45) is 23.0 Å². The predicted molar refractivity (Wildman–Crippen MR) is 78.7 cm³/mol. The quantitative estimate of drug-likeness (QED) is 0.850. The summed E-state index contributed by atoms with van der Waals surface area (Å²) in [6.45, 7) is 7.20. The first-order valence-electron chi connectivity index (χ1n) is 8.14. The smallest absolute Gasteiger partial charge is 0.226 e. The first kappa shape index (κ1) is 14.8. The van der Waals surface area contributed by atoms with Gasteiger partial charge in [-0.3, -0.25) is 4.79 Å². The third-order valence-corrected chi connectivity index (χ3v) is 5.91. The van der Waals surface area contributed by atoms with Crippen molar-refractivity contribution in [1.29, 1.82) is 0 Å². The van der Waals surface area contributed by atoms with Crippen molar-refractivity contribution in [1.82, 2.24) is 4.90 Å². The van der Waals surface area contributed by atoms with Gasteiger partial charge in [-0.25, -0.2) is 0 Å². The molecule has 2 fully saturated rings. The minimum atomic E-state index is 0.223. The Morgan fingerprint density at radius 3 is 2.37 bits per heavy atom. The van der Waals surface area contributed by atoms with Gasteiger partial charge in [-0.2, -0.15) is 0 Å². The Kier molecular flexibility index (Phi) is 4.88. The van der Waals surface area contributed by atoms with E-state index in [0.29, 0.717) is 23.8 Å². The Labute approximate surface area is 117 Å². The summed E-state index contributed by atoms with van der Waals surface area (Å²) in [5.74, 6) is 1.06.